The lowest BCUT2D eigenvalue weighted by Gasteiger charge is -2.34. The number of methoxy groups -OCH3 is 2. The largest absolute Gasteiger partial charge is 0.497 e. The SMILES string of the molecule is CCC1CNCCC1CC(Cc1ccnc2c(OC)cc(OC)cc12)OC(C)=O. The number of hydrogen-bond acceptors (Lipinski definition) is 6. The molecular weight excluding hydrogens is 368 g/mol. The van der Waals surface area contributed by atoms with E-state index >= 15 is 0 Å². The van der Waals surface area contributed by atoms with Crippen molar-refractivity contribution in [3.8, 4) is 11.5 Å². The van der Waals surface area contributed by atoms with E-state index in [2.05, 4.69) is 17.2 Å². The Morgan fingerprint density at radius 1 is 1.28 bits per heavy atom. The van der Waals surface area contributed by atoms with E-state index in [1.165, 1.54) is 6.92 Å². The van der Waals surface area contributed by atoms with Crippen molar-refractivity contribution in [1.29, 1.82) is 0 Å². The number of nitrogens with zero attached hydrogens (tertiary/aromatic N) is 1. The van der Waals surface area contributed by atoms with Crippen LogP contribution < -0.4 is 14.8 Å². The van der Waals surface area contributed by atoms with Crippen LogP contribution in [0, 0.1) is 11.8 Å². The molecule has 2 heterocycles. The van der Waals surface area contributed by atoms with Gasteiger partial charge in [0.1, 0.15) is 23.1 Å². The number of ether oxygens (including phenoxy) is 3. The van der Waals surface area contributed by atoms with Crippen LogP contribution in [0.3, 0.4) is 0 Å². The van der Waals surface area contributed by atoms with Crippen molar-refractivity contribution in [2.75, 3.05) is 27.3 Å². The molecule has 2 aromatic rings. The number of fused-ring (bicyclic) bond motifs is 1. The van der Waals surface area contributed by atoms with Crippen LogP contribution in [0.5, 0.6) is 11.5 Å². The molecule has 1 aromatic carbocycles. The first kappa shape index (κ1) is 21.4. The van der Waals surface area contributed by atoms with Crippen LogP contribution in [0.25, 0.3) is 10.9 Å². The fraction of sp³-hybridized carbons (Fsp3) is 0.565. The molecule has 1 fully saturated rings. The van der Waals surface area contributed by atoms with Crippen LogP contribution in [0.15, 0.2) is 24.4 Å². The van der Waals surface area contributed by atoms with E-state index in [4.69, 9.17) is 14.2 Å². The normalized spacial score (nSPS) is 20.3. The topological polar surface area (TPSA) is 69.7 Å². The molecule has 0 saturated carbocycles. The number of carbonyl (C=O) groups is 1. The van der Waals surface area contributed by atoms with Crippen LogP contribution in [-0.2, 0) is 16.0 Å². The second-order valence-electron chi connectivity index (χ2n) is 7.79. The zero-order chi connectivity index (χ0) is 20.8. The van der Waals surface area contributed by atoms with Gasteiger partial charge in [0, 0.05) is 31.0 Å². The summed E-state index contributed by atoms with van der Waals surface area (Å²) < 4.78 is 16.7. The Bertz CT molecular complexity index is 839. The molecule has 0 aliphatic carbocycles. The Morgan fingerprint density at radius 3 is 2.79 bits per heavy atom. The third kappa shape index (κ3) is 5.18. The molecule has 1 N–H and O–H groups in total. The summed E-state index contributed by atoms with van der Waals surface area (Å²) in [5.74, 6) is 2.34. The summed E-state index contributed by atoms with van der Waals surface area (Å²) in [7, 11) is 3.27. The van der Waals surface area contributed by atoms with Crippen molar-refractivity contribution >= 4 is 16.9 Å². The average molecular weight is 401 g/mol. The fourth-order valence-corrected chi connectivity index (χ4v) is 4.46. The first-order valence-corrected chi connectivity index (χ1v) is 10.4. The summed E-state index contributed by atoms with van der Waals surface area (Å²) in [6.45, 7) is 5.80. The predicted molar refractivity (Wildman–Crippen MR) is 113 cm³/mol. The quantitative estimate of drug-likeness (QED) is 0.681. The number of hydrogen-bond donors (Lipinski definition) is 1. The zero-order valence-electron chi connectivity index (χ0n) is 17.9. The van der Waals surface area contributed by atoms with E-state index < -0.39 is 0 Å². The van der Waals surface area contributed by atoms with E-state index in [0.29, 0.717) is 24.0 Å². The van der Waals surface area contributed by atoms with Crippen molar-refractivity contribution < 1.29 is 19.0 Å². The standard InChI is InChI=1S/C23H32N2O4/c1-5-16-14-24-8-6-17(16)10-20(29-15(2)26)11-18-7-9-25-23-21(18)12-19(27-3)13-22(23)28-4/h7,9,12-13,16-17,20,24H,5-6,8,10-11,14H2,1-4H3. The summed E-state index contributed by atoms with van der Waals surface area (Å²) >= 11 is 0. The van der Waals surface area contributed by atoms with Gasteiger partial charge >= 0.3 is 5.97 Å². The monoisotopic (exact) mass is 400 g/mol. The highest BCUT2D eigenvalue weighted by molar-refractivity contribution is 5.89. The molecule has 6 nitrogen and oxygen atoms in total. The van der Waals surface area contributed by atoms with E-state index in [1.54, 1.807) is 20.4 Å². The molecule has 1 aliphatic rings. The van der Waals surface area contributed by atoms with Gasteiger partial charge in [-0.3, -0.25) is 9.78 Å². The van der Waals surface area contributed by atoms with Gasteiger partial charge in [-0.1, -0.05) is 13.3 Å². The molecule has 3 rings (SSSR count). The highest BCUT2D eigenvalue weighted by Crippen LogP contribution is 2.34. The van der Waals surface area contributed by atoms with Crippen molar-refractivity contribution in [3.05, 3.63) is 30.0 Å². The number of benzene rings is 1. The summed E-state index contributed by atoms with van der Waals surface area (Å²) in [6, 6.07) is 5.81. The van der Waals surface area contributed by atoms with Crippen LogP contribution in [0.4, 0.5) is 0 Å². The molecule has 158 valence electrons. The van der Waals surface area contributed by atoms with Gasteiger partial charge in [0.15, 0.2) is 0 Å². The summed E-state index contributed by atoms with van der Waals surface area (Å²) in [4.78, 5) is 16.3. The molecule has 3 unspecified atom stereocenters. The third-order valence-electron chi connectivity index (χ3n) is 5.96. The Labute approximate surface area is 172 Å². The van der Waals surface area contributed by atoms with Crippen molar-refractivity contribution in [3.63, 3.8) is 0 Å². The number of rotatable bonds is 8. The van der Waals surface area contributed by atoms with Crippen LogP contribution in [-0.4, -0.2) is 44.4 Å². The van der Waals surface area contributed by atoms with Gasteiger partial charge in [0.05, 0.1) is 14.2 Å². The average Bonchev–Trinajstić information content (AvgIpc) is 2.73. The molecule has 29 heavy (non-hydrogen) atoms. The molecule has 0 amide bonds. The van der Waals surface area contributed by atoms with Crippen molar-refractivity contribution in [2.24, 2.45) is 11.8 Å². The summed E-state index contributed by atoms with van der Waals surface area (Å²) in [5, 5.41) is 4.46. The van der Waals surface area contributed by atoms with Gasteiger partial charge in [-0.05, 0) is 55.5 Å². The van der Waals surface area contributed by atoms with Crippen LogP contribution >= 0.6 is 0 Å². The Kier molecular flexibility index (Phi) is 7.31. The number of piperidine rings is 1. The minimum absolute atomic E-state index is 0.160. The van der Waals surface area contributed by atoms with Crippen LogP contribution in [0.2, 0.25) is 0 Å². The molecule has 1 aliphatic heterocycles. The maximum absolute atomic E-state index is 11.8. The molecule has 3 atom stereocenters. The number of carbonyl (C=O) groups excluding carboxylic acids is 1. The highest BCUT2D eigenvalue weighted by atomic mass is 16.5. The zero-order valence-corrected chi connectivity index (χ0v) is 17.9. The summed E-state index contributed by atoms with van der Waals surface area (Å²) in [5.41, 5.74) is 1.88. The van der Waals surface area contributed by atoms with Gasteiger partial charge in [-0.15, -0.1) is 0 Å². The van der Waals surface area contributed by atoms with Gasteiger partial charge in [0.2, 0.25) is 0 Å². The van der Waals surface area contributed by atoms with E-state index in [-0.39, 0.29) is 12.1 Å². The van der Waals surface area contributed by atoms with Gasteiger partial charge in [-0.25, -0.2) is 0 Å². The van der Waals surface area contributed by atoms with E-state index in [1.807, 2.05) is 18.2 Å². The molecule has 0 bridgehead atoms. The Balaban J connectivity index is 1.90. The Hall–Kier alpha value is -2.34. The number of nitrogens with one attached hydrogen (secondary N) is 1. The third-order valence-corrected chi connectivity index (χ3v) is 5.96. The first-order valence-electron chi connectivity index (χ1n) is 10.4. The molecular formula is C23H32N2O4. The number of pyridine rings is 1. The maximum Gasteiger partial charge on any atom is 0.302 e. The minimum Gasteiger partial charge on any atom is -0.497 e. The molecule has 6 heteroatoms. The van der Waals surface area contributed by atoms with E-state index in [9.17, 15) is 4.79 Å². The number of esters is 1. The van der Waals surface area contributed by atoms with Crippen molar-refractivity contribution in [1.82, 2.24) is 10.3 Å². The fourth-order valence-electron chi connectivity index (χ4n) is 4.46. The molecule has 1 aromatic heterocycles. The summed E-state index contributed by atoms with van der Waals surface area (Å²) in [6.07, 6.45) is 5.41. The van der Waals surface area contributed by atoms with Gasteiger partial charge in [0.25, 0.3) is 0 Å². The Morgan fingerprint density at radius 2 is 2.10 bits per heavy atom. The predicted octanol–water partition coefficient (Wildman–Crippen LogP) is 3.75. The van der Waals surface area contributed by atoms with E-state index in [0.717, 1.165) is 54.6 Å². The molecule has 0 radical (unpaired) electrons. The maximum atomic E-state index is 11.8. The number of aromatic nitrogens is 1. The molecule has 1 saturated heterocycles. The van der Waals surface area contributed by atoms with Crippen molar-refractivity contribution in [2.45, 2.75) is 45.6 Å². The lowest BCUT2D eigenvalue weighted by atomic mass is 9.80. The van der Waals surface area contributed by atoms with Gasteiger partial charge in [-0.2, -0.15) is 0 Å². The lowest BCUT2D eigenvalue weighted by molar-refractivity contribution is -0.147. The first-order chi connectivity index (χ1) is 14.0. The lowest BCUT2D eigenvalue weighted by Crippen LogP contribution is -2.38. The smallest absolute Gasteiger partial charge is 0.302 e. The highest BCUT2D eigenvalue weighted by Gasteiger charge is 2.28. The van der Waals surface area contributed by atoms with Gasteiger partial charge < -0.3 is 19.5 Å². The minimum atomic E-state index is -0.231. The van der Waals surface area contributed by atoms with Crippen LogP contribution in [0.1, 0.15) is 38.7 Å². The molecule has 0 spiro atoms. The second-order valence-corrected chi connectivity index (χ2v) is 7.79. The second kappa shape index (κ2) is 9.92.